The summed E-state index contributed by atoms with van der Waals surface area (Å²) in [4.78, 5) is 13.9. The Hall–Kier alpha value is -1.85. The first kappa shape index (κ1) is 20.4. The Bertz CT molecular complexity index is 938. The molecule has 0 bridgehead atoms. The first-order chi connectivity index (χ1) is 14.1. The summed E-state index contributed by atoms with van der Waals surface area (Å²) in [6, 6.07) is 2.33. The Labute approximate surface area is 180 Å². The van der Waals surface area contributed by atoms with Crippen LogP contribution in [0.2, 0.25) is 0 Å². The third kappa shape index (κ3) is 4.36. The minimum Gasteiger partial charge on any atom is -0.316 e. The SMILES string of the molecule is CCCn1c(SCC(=O)Nc2sc3c(c2C#N)CCC(CC)C3)nnc1C1CC1. The third-order valence-electron chi connectivity index (χ3n) is 5.78. The number of aromatic nitrogens is 3. The lowest BCUT2D eigenvalue weighted by Crippen LogP contribution is -2.15. The van der Waals surface area contributed by atoms with Crippen molar-refractivity contribution < 1.29 is 4.79 Å². The summed E-state index contributed by atoms with van der Waals surface area (Å²) in [5, 5.41) is 22.9. The summed E-state index contributed by atoms with van der Waals surface area (Å²) in [5.41, 5.74) is 1.82. The minimum absolute atomic E-state index is 0.0869. The number of rotatable bonds is 8. The number of nitrogens with one attached hydrogen (secondary N) is 1. The number of hydrogen-bond acceptors (Lipinski definition) is 6. The topological polar surface area (TPSA) is 83.6 Å². The van der Waals surface area contributed by atoms with Crippen molar-refractivity contribution in [2.75, 3.05) is 11.1 Å². The predicted molar refractivity (Wildman–Crippen MR) is 116 cm³/mol. The number of thioether (sulfide) groups is 1. The van der Waals surface area contributed by atoms with Crippen LogP contribution in [0.3, 0.4) is 0 Å². The van der Waals surface area contributed by atoms with Gasteiger partial charge in [-0.25, -0.2) is 0 Å². The van der Waals surface area contributed by atoms with Crippen molar-refractivity contribution in [2.24, 2.45) is 5.92 Å². The molecule has 2 aromatic rings. The summed E-state index contributed by atoms with van der Waals surface area (Å²) >= 11 is 3.02. The highest BCUT2D eigenvalue weighted by Gasteiger charge is 2.30. The zero-order valence-corrected chi connectivity index (χ0v) is 18.7. The Morgan fingerprint density at radius 2 is 2.17 bits per heavy atom. The van der Waals surface area contributed by atoms with Gasteiger partial charge >= 0.3 is 0 Å². The van der Waals surface area contributed by atoms with Gasteiger partial charge in [0.1, 0.15) is 16.9 Å². The van der Waals surface area contributed by atoms with Crippen LogP contribution in [0.1, 0.15) is 73.7 Å². The van der Waals surface area contributed by atoms with Crippen LogP contribution in [0.4, 0.5) is 5.00 Å². The molecule has 1 N–H and O–H groups in total. The molecule has 154 valence electrons. The van der Waals surface area contributed by atoms with Crippen LogP contribution < -0.4 is 5.32 Å². The van der Waals surface area contributed by atoms with E-state index in [2.05, 4.69) is 40.0 Å². The van der Waals surface area contributed by atoms with E-state index in [1.165, 1.54) is 35.9 Å². The van der Waals surface area contributed by atoms with E-state index < -0.39 is 0 Å². The minimum atomic E-state index is -0.0869. The summed E-state index contributed by atoms with van der Waals surface area (Å²) in [7, 11) is 0. The van der Waals surface area contributed by atoms with Crippen LogP contribution in [0, 0.1) is 17.2 Å². The molecular formula is C21H27N5OS2. The second kappa shape index (κ2) is 8.88. The van der Waals surface area contributed by atoms with Crippen molar-refractivity contribution >= 4 is 34.0 Å². The van der Waals surface area contributed by atoms with Gasteiger partial charge in [-0.2, -0.15) is 5.26 Å². The van der Waals surface area contributed by atoms with Gasteiger partial charge in [0.05, 0.1) is 11.3 Å². The molecule has 2 aromatic heterocycles. The standard InChI is InChI=1S/C21H27N5OS2/c1-3-9-26-19(14-6-7-14)24-25-21(26)28-12-18(27)23-20-16(11-22)15-8-5-13(4-2)10-17(15)29-20/h13-14H,3-10,12H2,1-2H3,(H,23,27). The number of carbonyl (C=O) groups is 1. The number of carbonyl (C=O) groups excluding carboxylic acids is 1. The first-order valence-electron chi connectivity index (χ1n) is 10.5. The van der Waals surface area contributed by atoms with E-state index >= 15 is 0 Å². The lowest BCUT2D eigenvalue weighted by atomic mass is 9.86. The predicted octanol–water partition coefficient (Wildman–Crippen LogP) is 4.74. The molecule has 1 fully saturated rings. The number of thiophene rings is 1. The van der Waals surface area contributed by atoms with E-state index in [4.69, 9.17) is 0 Å². The number of amides is 1. The first-order valence-corrected chi connectivity index (χ1v) is 12.3. The lowest BCUT2D eigenvalue weighted by Gasteiger charge is -2.20. The van der Waals surface area contributed by atoms with Crippen LogP contribution in [-0.4, -0.2) is 26.4 Å². The molecule has 0 spiro atoms. The number of fused-ring (bicyclic) bond motifs is 1. The smallest absolute Gasteiger partial charge is 0.235 e. The Morgan fingerprint density at radius 1 is 1.34 bits per heavy atom. The van der Waals surface area contributed by atoms with Gasteiger partial charge < -0.3 is 9.88 Å². The van der Waals surface area contributed by atoms with Gasteiger partial charge in [-0.05, 0) is 50.0 Å². The quantitative estimate of drug-likeness (QED) is 0.613. The molecule has 29 heavy (non-hydrogen) atoms. The van der Waals surface area contributed by atoms with E-state index in [0.29, 0.717) is 22.4 Å². The van der Waals surface area contributed by atoms with Crippen LogP contribution in [-0.2, 0) is 24.2 Å². The van der Waals surface area contributed by atoms with Crippen molar-refractivity contribution in [3.8, 4) is 6.07 Å². The van der Waals surface area contributed by atoms with Crippen molar-refractivity contribution in [3.05, 3.63) is 21.8 Å². The highest BCUT2D eigenvalue weighted by Crippen LogP contribution is 2.41. The average molecular weight is 430 g/mol. The monoisotopic (exact) mass is 429 g/mol. The molecule has 2 heterocycles. The highest BCUT2D eigenvalue weighted by molar-refractivity contribution is 7.99. The number of nitriles is 1. The second-order valence-corrected chi connectivity index (χ2v) is 9.99. The molecule has 0 aromatic carbocycles. The van der Waals surface area contributed by atoms with Gasteiger partial charge in [0.15, 0.2) is 5.16 Å². The maximum Gasteiger partial charge on any atom is 0.235 e. The second-order valence-electron chi connectivity index (χ2n) is 7.94. The van der Waals surface area contributed by atoms with E-state index in [-0.39, 0.29) is 11.7 Å². The molecule has 1 saturated carbocycles. The molecule has 6 nitrogen and oxygen atoms in total. The van der Waals surface area contributed by atoms with E-state index in [0.717, 1.165) is 48.8 Å². The average Bonchev–Trinajstić information content (AvgIpc) is 3.40. The molecule has 8 heteroatoms. The van der Waals surface area contributed by atoms with Gasteiger partial charge in [0.25, 0.3) is 0 Å². The van der Waals surface area contributed by atoms with Gasteiger partial charge in [-0.1, -0.05) is 32.0 Å². The molecule has 1 atom stereocenters. The van der Waals surface area contributed by atoms with Crippen LogP contribution >= 0.6 is 23.1 Å². The molecule has 1 unspecified atom stereocenters. The highest BCUT2D eigenvalue weighted by atomic mass is 32.2. The zero-order valence-electron chi connectivity index (χ0n) is 17.0. The number of hydrogen-bond donors (Lipinski definition) is 1. The summed E-state index contributed by atoms with van der Waals surface area (Å²) in [6.07, 6.45) is 7.66. The zero-order chi connectivity index (χ0) is 20.4. The summed E-state index contributed by atoms with van der Waals surface area (Å²) < 4.78 is 2.17. The van der Waals surface area contributed by atoms with Gasteiger partial charge in [-0.3, -0.25) is 4.79 Å². The molecule has 4 rings (SSSR count). The molecular weight excluding hydrogens is 402 g/mol. The van der Waals surface area contributed by atoms with Crippen LogP contribution in [0.5, 0.6) is 0 Å². The largest absolute Gasteiger partial charge is 0.316 e. The van der Waals surface area contributed by atoms with E-state index in [1.54, 1.807) is 11.3 Å². The van der Waals surface area contributed by atoms with Crippen LogP contribution in [0.15, 0.2) is 5.16 Å². The number of anilines is 1. The fourth-order valence-electron chi connectivity index (χ4n) is 3.99. The van der Waals surface area contributed by atoms with Crippen LogP contribution in [0.25, 0.3) is 0 Å². The third-order valence-corrected chi connectivity index (χ3v) is 7.91. The van der Waals surface area contributed by atoms with Gasteiger partial charge in [0, 0.05) is 17.3 Å². The van der Waals surface area contributed by atoms with Gasteiger partial charge in [0.2, 0.25) is 5.91 Å². The van der Waals surface area contributed by atoms with Crippen molar-refractivity contribution in [1.82, 2.24) is 14.8 Å². The Balaban J connectivity index is 1.42. The Morgan fingerprint density at radius 3 is 2.86 bits per heavy atom. The molecule has 0 radical (unpaired) electrons. The molecule has 1 amide bonds. The molecule has 2 aliphatic rings. The normalized spacial score (nSPS) is 18.3. The molecule has 2 aliphatic carbocycles. The van der Waals surface area contributed by atoms with Crippen molar-refractivity contribution in [1.29, 1.82) is 5.26 Å². The number of nitrogens with zero attached hydrogens (tertiary/aromatic N) is 4. The molecule has 0 aliphatic heterocycles. The van der Waals surface area contributed by atoms with E-state index in [9.17, 15) is 10.1 Å². The maximum absolute atomic E-state index is 12.6. The lowest BCUT2D eigenvalue weighted by molar-refractivity contribution is -0.113. The molecule has 0 saturated heterocycles. The summed E-state index contributed by atoms with van der Waals surface area (Å²) in [5.74, 6) is 2.49. The maximum atomic E-state index is 12.6. The fourth-order valence-corrected chi connectivity index (χ4v) is 6.09. The van der Waals surface area contributed by atoms with Crippen molar-refractivity contribution in [3.63, 3.8) is 0 Å². The summed E-state index contributed by atoms with van der Waals surface area (Å²) in [6.45, 7) is 5.25. The fraction of sp³-hybridized carbons (Fsp3) is 0.619. The van der Waals surface area contributed by atoms with Crippen molar-refractivity contribution in [2.45, 2.75) is 76.4 Å². The van der Waals surface area contributed by atoms with Gasteiger partial charge in [-0.15, -0.1) is 21.5 Å². The van der Waals surface area contributed by atoms with E-state index in [1.807, 2.05) is 0 Å². The Kier molecular flexibility index (Phi) is 6.26.